The Morgan fingerprint density at radius 2 is 2.25 bits per heavy atom. The van der Waals surface area contributed by atoms with Gasteiger partial charge in [-0.1, -0.05) is 0 Å². The number of alkyl halides is 2. The van der Waals surface area contributed by atoms with Crippen LogP contribution in [-0.2, 0) is 7.05 Å². The lowest BCUT2D eigenvalue weighted by Crippen LogP contribution is -1.94. The van der Waals surface area contributed by atoms with E-state index in [0.717, 1.165) is 16.8 Å². The van der Waals surface area contributed by atoms with E-state index >= 15 is 0 Å². The maximum atomic E-state index is 12.1. The number of carbonyl (C=O) groups is 1. The molecule has 66 valence electrons. The standard InChI is InChI=1S/C7H7F2NO2/c1-10-3-4(7(11)12)2-5(10)6(8)9/h2-3,6H,1H3,(H,11,12). The Balaban J connectivity index is 3.09. The van der Waals surface area contributed by atoms with Crippen LogP contribution < -0.4 is 0 Å². The van der Waals surface area contributed by atoms with Gasteiger partial charge < -0.3 is 9.67 Å². The van der Waals surface area contributed by atoms with E-state index in [1.165, 1.54) is 7.05 Å². The fourth-order valence-corrected chi connectivity index (χ4v) is 0.915. The molecule has 0 bridgehead atoms. The summed E-state index contributed by atoms with van der Waals surface area (Å²) in [6.45, 7) is 0. The van der Waals surface area contributed by atoms with Crippen molar-refractivity contribution in [2.75, 3.05) is 0 Å². The van der Waals surface area contributed by atoms with E-state index < -0.39 is 12.4 Å². The lowest BCUT2D eigenvalue weighted by atomic mass is 10.3. The topological polar surface area (TPSA) is 42.2 Å². The van der Waals surface area contributed by atoms with Gasteiger partial charge in [0.1, 0.15) is 0 Å². The van der Waals surface area contributed by atoms with Gasteiger partial charge in [0, 0.05) is 13.2 Å². The van der Waals surface area contributed by atoms with Crippen molar-refractivity contribution in [3.63, 3.8) is 0 Å². The van der Waals surface area contributed by atoms with Crippen molar-refractivity contribution in [1.29, 1.82) is 0 Å². The first-order valence-corrected chi connectivity index (χ1v) is 3.20. The van der Waals surface area contributed by atoms with Gasteiger partial charge in [0.15, 0.2) is 0 Å². The van der Waals surface area contributed by atoms with E-state index in [9.17, 15) is 13.6 Å². The minimum atomic E-state index is -2.64. The molecule has 0 radical (unpaired) electrons. The van der Waals surface area contributed by atoms with E-state index in [1.54, 1.807) is 0 Å². The quantitative estimate of drug-likeness (QED) is 0.742. The molecule has 1 rings (SSSR count). The molecule has 0 aliphatic carbocycles. The van der Waals surface area contributed by atoms with Gasteiger partial charge in [0.05, 0.1) is 11.3 Å². The highest BCUT2D eigenvalue weighted by atomic mass is 19.3. The monoisotopic (exact) mass is 175 g/mol. The molecular formula is C7H7F2NO2. The maximum absolute atomic E-state index is 12.1. The smallest absolute Gasteiger partial charge is 0.337 e. The van der Waals surface area contributed by atoms with Crippen LogP contribution in [-0.4, -0.2) is 15.6 Å². The summed E-state index contributed by atoms with van der Waals surface area (Å²) in [5.41, 5.74) is -0.403. The number of carboxylic acids is 1. The number of hydrogen-bond acceptors (Lipinski definition) is 1. The number of nitrogens with zero attached hydrogens (tertiary/aromatic N) is 1. The predicted molar refractivity (Wildman–Crippen MR) is 37.3 cm³/mol. The summed E-state index contributed by atoms with van der Waals surface area (Å²) in [6.07, 6.45) is -1.48. The first-order chi connectivity index (χ1) is 5.52. The molecule has 0 aliphatic heterocycles. The van der Waals surface area contributed by atoms with E-state index in [0.29, 0.717) is 0 Å². The van der Waals surface area contributed by atoms with Crippen LogP contribution in [0.15, 0.2) is 12.3 Å². The molecule has 0 spiro atoms. The average Bonchev–Trinajstić information content (AvgIpc) is 2.30. The van der Waals surface area contributed by atoms with Gasteiger partial charge in [0.25, 0.3) is 6.43 Å². The second kappa shape index (κ2) is 2.92. The number of aromatic carboxylic acids is 1. The molecule has 0 saturated heterocycles. The van der Waals surface area contributed by atoms with Crippen molar-refractivity contribution >= 4 is 5.97 Å². The third kappa shape index (κ3) is 1.44. The highest BCUT2D eigenvalue weighted by Crippen LogP contribution is 2.20. The Morgan fingerprint density at radius 1 is 1.67 bits per heavy atom. The predicted octanol–water partition coefficient (Wildman–Crippen LogP) is 1.66. The molecule has 1 N–H and O–H groups in total. The molecule has 0 aromatic carbocycles. The largest absolute Gasteiger partial charge is 0.478 e. The zero-order chi connectivity index (χ0) is 9.30. The van der Waals surface area contributed by atoms with Gasteiger partial charge in [0.2, 0.25) is 0 Å². The third-order valence-electron chi connectivity index (χ3n) is 1.51. The molecular weight excluding hydrogens is 168 g/mol. The molecule has 0 fully saturated rings. The van der Waals surface area contributed by atoms with Crippen molar-refractivity contribution in [3.8, 4) is 0 Å². The number of aryl methyl sites for hydroxylation is 1. The van der Waals surface area contributed by atoms with Crippen LogP contribution in [0.2, 0.25) is 0 Å². The minimum Gasteiger partial charge on any atom is -0.478 e. The molecule has 1 aromatic heterocycles. The van der Waals surface area contributed by atoms with Gasteiger partial charge in [-0.15, -0.1) is 0 Å². The highest BCUT2D eigenvalue weighted by Gasteiger charge is 2.15. The SMILES string of the molecule is Cn1cc(C(=O)O)cc1C(F)F. The fourth-order valence-electron chi connectivity index (χ4n) is 0.915. The Bertz CT molecular complexity index is 306. The zero-order valence-electron chi connectivity index (χ0n) is 6.29. The molecule has 0 unspecified atom stereocenters. The van der Waals surface area contributed by atoms with Crippen molar-refractivity contribution in [3.05, 3.63) is 23.5 Å². The molecule has 0 atom stereocenters. The van der Waals surface area contributed by atoms with Gasteiger partial charge in [-0.05, 0) is 6.07 Å². The fraction of sp³-hybridized carbons (Fsp3) is 0.286. The van der Waals surface area contributed by atoms with Gasteiger partial charge >= 0.3 is 5.97 Å². The van der Waals surface area contributed by atoms with E-state index in [1.807, 2.05) is 0 Å². The van der Waals surface area contributed by atoms with Crippen molar-refractivity contribution in [1.82, 2.24) is 4.57 Å². The molecule has 0 amide bonds. The summed E-state index contributed by atoms with van der Waals surface area (Å²) in [5, 5.41) is 8.45. The summed E-state index contributed by atoms with van der Waals surface area (Å²) in [7, 11) is 1.38. The third-order valence-corrected chi connectivity index (χ3v) is 1.51. The van der Waals surface area contributed by atoms with Crippen LogP contribution in [0, 0.1) is 0 Å². The lowest BCUT2D eigenvalue weighted by molar-refractivity contribution is 0.0697. The molecule has 1 aromatic rings. The Kier molecular flexibility index (Phi) is 2.12. The molecule has 0 saturated carbocycles. The first-order valence-electron chi connectivity index (χ1n) is 3.20. The number of carboxylic acid groups (broad SMARTS) is 1. The zero-order valence-corrected chi connectivity index (χ0v) is 6.29. The summed E-state index contributed by atoms with van der Waals surface area (Å²) in [4.78, 5) is 10.3. The van der Waals surface area contributed by atoms with Crippen molar-refractivity contribution < 1.29 is 18.7 Å². The van der Waals surface area contributed by atoms with Crippen LogP contribution in [0.5, 0.6) is 0 Å². The Labute approximate surface area is 67.2 Å². The molecule has 3 nitrogen and oxygen atoms in total. The summed E-state index contributed by atoms with van der Waals surface area (Å²) in [5.74, 6) is -1.20. The Hall–Kier alpha value is -1.39. The van der Waals surface area contributed by atoms with Gasteiger partial charge in [-0.25, -0.2) is 13.6 Å². The van der Waals surface area contributed by atoms with Crippen molar-refractivity contribution in [2.24, 2.45) is 7.05 Å². The summed E-state index contributed by atoms with van der Waals surface area (Å²) < 4.78 is 25.3. The van der Waals surface area contributed by atoms with Gasteiger partial charge in [-0.2, -0.15) is 0 Å². The molecule has 12 heavy (non-hydrogen) atoms. The second-order valence-electron chi connectivity index (χ2n) is 2.37. The van der Waals surface area contributed by atoms with E-state index in [4.69, 9.17) is 5.11 Å². The van der Waals surface area contributed by atoms with Crippen LogP contribution in [0.4, 0.5) is 8.78 Å². The van der Waals surface area contributed by atoms with Crippen LogP contribution in [0.1, 0.15) is 22.5 Å². The normalized spacial score (nSPS) is 10.7. The lowest BCUT2D eigenvalue weighted by Gasteiger charge is -1.98. The average molecular weight is 175 g/mol. The van der Waals surface area contributed by atoms with Crippen LogP contribution in [0.3, 0.4) is 0 Å². The number of halogens is 2. The molecule has 0 aliphatic rings. The van der Waals surface area contributed by atoms with E-state index in [-0.39, 0.29) is 11.3 Å². The van der Waals surface area contributed by atoms with Crippen LogP contribution >= 0.6 is 0 Å². The summed E-state index contributed by atoms with van der Waals surface area (Å²) in [6, 6.07) is 0.965. The van der Waals surface area contributed by atoms with E-state index in [2.05, 4.69) is 0 Å². The minimum absolute atomic E-state index is 0.118. The van der Waals surface area contributed by atoms with Crippen LogP contribution in [0.25, 0.3) is 0 Å². The number of aromatic nitrogens is 1. The molecule has 5 heteroatoms. The maximum Gasteiger partial charge on any atom is 0.337 e. The second-order valence-corrected chi connectivity index (χ2v) is 2.37. The number of hydrogen-bond donors (Lipinski definition) is 1. The first kappa shape index (κ1) is 8.70. The number of rotatable bonds is 2. The Morgan fingerprint density at radius 3 is 2.50 bits per heavy atom. The van der Waals surface area contributed by atoms with Crippen molar-refractivity contribution in [2.45, 2.75) is 6.43 Å². The molecule has 1 heterocycles. The summed E-state index contributed by atoms with van der Waals surface area (Å²) >= 11 is 0. The van der Waals surface area contributed by atoms with Gasteiger partial charge in [-0.3, -0.25) is 0 Å². The highest BCUT2D eigenvalue weighted by molar-refractivity contribution is 5.87.